The van der Waals surface area contributed by atoms with E-state index >= 15 is 0 Å². The van der Waals surface area contributed by atoms with E-state index in [0.717, 1.165) is 41.9 Å². The number of nitrogens with zero attached hydrogens (tertiary/aromatic N) is 3. The van der Waals surface area contributed by atoms with Gasteiger partial charge < -0.3 is 9.47 Å². The number of carbonyl (C=O) groups excluding carboxylic acids is 1. The Bertz CT molecular complexity index is 760. The largest absolute Gasteiger partial charge is 0.346 e. The molecule has 0 radical (unpaired) electrons. The number of rotatable bonds is 3. The average Bonchev–Trinajstić information content (AvgIpc) is 2.87. The van der Waals surface area contributed by atoms with Gasteiger partial charge in [0.1, 0.15) is 0 Å². The van der Waals surface area contributed by atoms with Crippen molar-refractivity contribution in [2.45, 2.75) is 59.0 Å². The van der Waals surface area contributed by atoms with E-state index in [1.54, 1.807) is 0 Å². The molecule has 0 fully saturated rings. The smallest absolute Gasteiger partial charge is 0.255 e. The lowest BCUT2D eigenvalue weighted by Crippen LogP contribution is -2.34. The molecular formula is C20H27N3O. The van der Waals surface area contributed by atoms with Gasteiger partial charge in [0.2, 0.25) is 0 Å². The molecule has 0 N–H and O–H groups in total. The van der Waals surface area contributed by atoms with Crippen molar-refractivity contribution in [2.75, 3.05) is 7.05 Å². The topological polar surface area (TPSA) is 38.1 Å². The first kappa shape index (κ1) is 16.7. The normalized spacial score (nSPS) is 17.0. The van der Waals surface area contributed by atoms with E-state index < -0.39 is 0 Å². The molecule has 4 nitrogen and oxygen atoms in total. The summed E-state index contributed by atoms with van der Waals surface area (Å²) in [5, 5.41) is 0. The second-order valence-corrected chi connectivity index (χ2v) is 7.12. The molecule has 1 unspecified atom stereocenters. The van der Waals surface area contributed by atoms with Crippen molar-refractivity contribution < 1.29 is 4.79 Å². The third kappa shape index (κ3) is 2.74. The minimum absolute atomic E-state index is 0.0737. The zero-order chi connectivity index (χ0) is 17.4. The van der Waals surface area contributed by atoms with E-state index in [1.165, 1.54) is 5.56 Å². The van der Waals surface area contributed by atoms with Crippen LogP contribution in [-0.4, -0.2) is 27.4 Å². The Balaban J connectivity index is 1.93. The maximum absolute atomic E-state index is 13.1. The average molecular weight is 325 g/mol. The second-order valence-electron chi connectivity index (χ2n) is 7.12. The van der Waals surface area contributed by atoms with Crippen molar-refractivity contribution in [3.63, 3.8) is 0 Å². The molecule has 0 saturated carbocycles. The molecule has 2 heterocycles. The van der Waals surface area contributed by atoms with Gasteiger partial charge in [0.15, 0.2) is 0 Å². The summed E-state index contributed by atoms with van der Waals surface area (Å²) in [6.07, 6.45) is 4.98. The molecule has 1 aliphatic carbocycles. The molecule has 24 heavy (non-hydrogen) atoms. The van der Waals surface area contributed by atoms with Gasteiger partial charge >= 0.3 is 0 Å². The van der Waals surface area contributed by atoms with E-state index in [2.05, 4.69) is 36.4 Å². The van der Waals surface area contributed by atoms with Crippen LogP contribution in [0.15, 0.2) is 24.4 Å². The second kappa shape index (κ2) is 6.42. The lowest BCUT2D eigenvalue weighted by atomic mass is 9.91. The summed E-state index contributed by atoms with van der Waals surface area (Å²) in [6.45, 7) is 8.42. The van der Waals surface area contributed by atoms with Crippen LogP contribution in [0.4, 0.5) is 0 Å². The minimum Gasteiger partial charge on any atom is -0.346 e. The van der Waals surface area contributed by atoms with Crippen LogP contribution < -0.4 is 0 Å². The van der Waals surface area contributed by atoms with Gasteiger partial charge in [-0.1, -0.05) is 6.07 Å². The van der Waals surface area contributed by atoms with Crippen molar-refractivity contribution in [3.8, 4) is 0 Å². The van der Waals surface area contributed by atoms with E-state index in [-0.39, 0.29) is 11.9 Å². The van der Waals surface area contributed by atoms with Crippen molar-refractivity contribution >= 4 is 5.91 Å². The van der Waals surface area contributed by atoms with Gasteiger partial charge in [-0.2, -0.15) is 0 Å². The molecular weight excluding hydrogens is 298 g/mol. The first-order valence-corrected chi connectivity index (χ1v) is 8.81. The molecule has 0 saturated heterocycles. The lowest BCUT2D eigenvalue weighted by molar-refractivity contribution is 0.0710. The summed E-state index contributed by atoms with van der Waals surface area (Å²) >= 11 is 0. The van der Waals surface area contributed by atoms with Crippen LogP contribution in [0.25, 0.3) is 0 Å². The van der Waals surface area contributed by atoms with Gasteiger partial charge in [0.05, 0.1) is 17.3 Å². The fourth-order valence-corrected chi connectivity index (χ4v) is 4.08. The van der Waals surface area contributed by atoms with E-state index in [9.17, 15) is 4.79 Å². The SMILES string of the molecule is Cc1cc(C(=O)N(C)C2CCCc3cccnc32)c(C)n1C(C)C. The van der Waals surface area contributed by atoms with Crippen LogP contribution in [-0.2, 0) is 6.42 Å². The molecule has 0 aromatic carbocycles. The molecule has 2 aromatic heterocycles. The highest BCUT2D eigenvalue weighted by Crippen LogP contribution is 2.33. The van der Waals surface area contributed by atoms with Crippen molar-refractivity contribution in [1.82, 2.24) is 14.5 Å². The van der Waals surface area contributed by atoms with Gasteiger partial charge in [-0.25, -0.2) is 0 Å². The molecule has 128 valence electrons. The Labute approximate surface area is 144 Å². The predicted molar refractivity (Wildman–Crippen MR) is 96.3 cm³/mol. The molecule has 0 spiro atoms. The van der Waals surface area contributed by atoms with Crippen LogP contribution in [0.1, 0.15) is 71.8 Å². The highest BCUT2D eigenvalue weighted by molar-refractivity contribution is 5.95. The number of aromatic nitrogens is 2. The van der Waals surface area contributed by atoms with Crippen LogP contribution in [0.3, 0.4) is 0 Å². The summed E-state index contributed by atoms with van der Waals surface area (Å²) in [5.41, 5.74) is 5.35. The Kier molecular flexibility index (Phi) is 4.48. The Morgan fingerprint density at radius 3 is 2.79 bits per heavy atom. The summed E-state index contributed by atoms with van der Waals surface area (Å²) in [5.74, 6) is 0.0958. The molecule has 0 bridgehead atoms. The molecule has 0 aliphatic heterocycles. The van der Waals surface area contributed by atoms with E-state index in [4.69, 9.17) is 0 Å². The van der Waals surface area contributed by atoms with Gasteiger partial charge in [-0.15, -0.1) is 0 Å². The number of amides is 1. The molecule has 3 rings (SSSR count). The van der Waals surface area contributed by atoms with Crippen molar-refractivity contribution in [2.24, 2.45) is 0 Å². The van der Waals surface area contributed by atoms with Gasteiger partial charge in [0, 0.05) is 30.7 Å². The highest BCUT2D eigenvalue weighted by Gasteiger charge is 2.30. The Morgan fingerprint density at radius 2 is 2.12 bits per heavy atom. The summed E-state index contributed by atoms with van der Waals surface area (Å²) in [6, 6.07) is 6.58. The van der Waals surface area contributed by atoms with Crippen molar-refractivity contribution in [1.29, 1.82) is 0 Å². The first-order chi connectivity index (χ1) is 11.4. The highest BCUT2D eigenvalue weighted by atomic mass is 16.2. The zero-order valence-corrected chi connectivity index (χ0v) is 15.3. The van der Waals surface area contributed by atoms with Crippen LogP contribution in [0.5, 0.6) is 0 Å². The number of carbonyl (C=O) groups is 1. The van der Waals surface area contributed by atoms with Crippen LogP contribution >= 0.6 is 0 Å². The molecule has 4 heteroatoms. The number of pyridine rings is 1. The standard InChI is InChI=1S/C20H27N3O/c1-13(2)23-14(3)12-17(15(23)4)20(24)22(5)18-10-6-8-16-9-7-11-21-19(16)18/h7,9,11-13,18H,6,8,10H2,1-5H3. The van der Waals surface area contributed by atoms with E-state index in [0.29, 0.717) is 6.04 Å². The molecule has 1 aliphatic rings. The first-order valence-electron chi connectivity index (χ1n) is 8.81. The lowest BCUT2D eigenvalue weighted by Gasteiger charge is -2.32. The zero-order valence-electron chi connectivity index (χ0n) is 15.3. The van der Waals surface area contributed by atoms with Crippen molar-refractivity contribution in [3.05, 3.63) is 52.6 Å². The van der Waals surface area contributed by atoms with Gasteiger partial charge in [-0.3, -0.25) is 9.78 Å². The predicted octanol–water partition coefficient (Wildman–Crippen LogP) is 4.23. The third-order valence-corrected chi connectivity index (χ3v) is 5.18. The Hall–Kier alpha value is -2.10. The third-order valence-electron chi connectivity index (χ3n) is 5.18. The maximum atomic E-state index is 13.1. The van der Waals surface area contributed by atoms with E-state index in [1.807, 2.05) is 37.2 Å². The summed E-state index contributed by atoms with van der Waals surface area (Å²) in [7, 11) is 1.91. The van der Waals surface area contributed by atoms with Gasteiger partial charge in [-0.05, 0) is 64.7 Å². The number of hydrogen-bond donors (Lipinski definition) is 0. The molecule has 1 atom stereocenters. The number of hydrogen-bond acceptors (Lipinski definition) is 2. The fourth-order valence-electron chi connectivity index (χ4n) is 4.08. The number of fused-ring (bicyclic) bond motifs is 1. The summed E-state index contributed by atoms with van der Waals surface area (Å²) in [4.78, 5) is 19.6. The molecule has 1 amide bonds. The van der Waals surface area contributed by atoms with Gasteiger partial charge in [0.25, 0.3) is 5.91 Å². The fraction of sp³-hybridized carbons (Fsp3) is 0.500. The minimum atomic E-state index is 0.0737. The number of aryl methyl sites for hydroxylation is 2. The maximum Gasteiger partial charge on any atom is 0.255 e. The Morgan fingerprint density at radius 1 is 1.38 bits per heavy atom. The monoisotopic (exact) mass is 325 g/mol. The van der Waals surface area contributed by atoms with Crippen LogP contribution in [0, 0.1) is 13.8 Å². The quantitative estimate of drug-likeness (QED) is 0.847. The summed E-state index contributed by atoms with van der Waals surface area (Å²) < 4.78 is 2.23. The molecule has 2 aromatic rings. The van der Waals surface area contributed by atoms with Crippen LogP contribution in [0.2, 0.25) is 0 Å².